The lowest BCUT2D eigenvalue weighted by Crippen LogP contribution is -2.21. The normalized spacial score (nSPS) is 11.7. The Balaban J connectivity index is 1.49. The fourth-order valence-electron chi connectivity index (χ4n) is 4.06. The van der Waals surface area contributed by atoms with Gasteiger partial charge in [0.1, 0.15) is 5.65 Å². The van der Waals surface area contributed by atoms with E-state index in [9.17, 15) is 4.79 Å². The quantitative estimate of drug-likeness (QED) is 0.366. The van der Waals surface area contributed by atoms with Gasteiger partial charge in [-0.3, -0.25) is 9.20 Å². The van der Waals surface area contributed by atoms with Crippen LogP contribution in [-0.2, 0) is 5.75 Å². The van der Waals surface area contributed by atoms with Gasteiger partial charge in [-0.05, 0) is 49.7 Å². The molecule has 4 aromatic heterocycles. The molecule has 0 fully saturated rings. The first-order chi connectivity index (χ1) is 16.1. The second-order valence-electron chi connectivity index (χ2n) is 8.10. The predicted octanol–water partition coefficient (Wildman–Crippen LogP) is 4.59. The number of benzene rings is 2. The maximum atomic E-state index is 13.4. The van der Waals surface area contributed by atoms with Crippen molar-refractivity contribution in [3.8, 4) is 5.69 Å². The standard InChI is InChI=1S/C25H20N6OS/c1-16-7-10-19(11-8-16)30-23(32)20-5-3-4-6-21(20)31-24(30)27-28-25(31)33-15-18-14-29-13-17(2)9-12-22(29)26-18/h3-14H,15H2,1-2H3. The summed E-state index contributed by atoms with van der Waals surface area (Å²) in [4.78, 5) is 18.1. The van der Waals surface area contributed by atoms with Crippen molar-refractivity contribution in [3.63, 3.8) is 0 Å². The van der Waals surface area contributed by atoms with E-state index in [1.165, 1.54) is 5.56 Å². The van der Waals surface area contributed by atoms with Gasteiger partial charge in [-0.15, -0.1) is 10.2 Å². The Morgan fingerprint density at radius 2 is 1.67 bits per heavy atom. The number of thioether (sulfide) groups is 1. The zero-order chi connectivity index (χ0) is 22.5. The van der Waals surface area contributed by atoms with Gasteiger partial charge in [-0.2, -0.15) is 0 Å². The first kappa shape index (κ1) is 19.8. The number of aromatic nitrogens is 6. The zero-order valence-corrected chi connectivity index (χ0v) is 19.0. The van der Waals surface area contributed by atoms with Gasteiger partial charge in [-0.25, -0.2) is 9.55 Å². The van der Waals surface area contributed by atoms with Crippen molar-refractivity contribution in [2.45, 2.75) is 24.8 Å². The third kappa shape index (κ3) is 3.30. The molecule has 0 spiro atoms. The molecule has 0 radical (unpaired) electrons. The zero-order valence-electron chi connectivity index (χ0n) is 18.1. The van der Waals surface area contributed by atoms with Crippen LogP contribution >= 0.6 is 11.8 Å². The fraction of sp³-hybridized carbons (Fsp3) is 0.120. The van der Waals surface area contributed by atoms with Crippen molar-refractivity contribution in [2.75, 3.05) is 0 Å². The number of rotatable bonds is 4. The highest BCUT2D eigenvalue weighted by Gasteiger charge is 2.18. The second-order valence-corrected chi connectivity index (χ2v) is 9.05. The van der Waals surface area contributed by atoms with E-state index < -0.39 is 0 Å². The number of hydrogen-bond donors (Lipinski definition) is 0. The van der Waals surface area contributed by atoms with Gasteiger partial charge in [0.15, 0.2) is 5.16 Å². The molecule has 6 aromatic rings. The van der Waals surface area contributed by atoms with E-state index in [1.54, 1.807) is 16.3 Å². The van der Waals surface area contributed by atoms with E-state index in [-0.39, 0.29) is 5.56 Å². The lowest BCUT2D eigenvalue weighted by atomic mass is 10.2. The molecule has 4 heterocycles. The van der Waals surface area contributed by atoms with E-state index in [0.29, 0.717) is 16.9 Å². The van der Waals surface area contributed by atoms with Crippen molar-refractivity contribution in [1.29, 1.82) is 0 Å². The highest BCUT2D eigenvalue weighted by Crippen LogP contribution is 2.26. The Morgan fingerprint density at radius 1 is 0.879 bits per heavy atom. The van der Waals surface area contributed by atoms with Crippen LogP contribution in [0.2, 0.25) is 0 Å². The summed E-state index contributed by atoms with van der Waals surface area (Å²) in [6.45, 7) is 4.09. The molecule has 0 unspecified atom stereocenters. The summed E-state index contributed by atoms with van der Waals surface area (Å²) >= 11 is 1.55. The predicted molar refractivity (Wildman–Crippen MR) is 130 cm³/mol. The molecular weight excluding hydrogens is 432 g/mol. The molecule has 6 rings (SSSR count). The largest absolute Gasteiger partial charge is 0.307 e. The molecule has 162 valence electrons. The average molecular weight is 453 g/mol. The molecule has 0 N–H and O–H groups in total. The summed E-state index contributed by atoms with van der Waals surface area (Å²) in [5.41, 5.74) is 5.63. The van der Waals surface area contributed by atoms with Crippen molar-refractivity contribution in [3.05, 3.63) is 100 Å². The van der Waals surface area contributed by atoms with Crippen molar-refractivity contribution < 1.29 is 0 Å². The lowest BCUT2D eigenvalue weighted by molar-refractivity contribution is 0.929. The molecular formula is C25H20N6OS. The van der Waals surface area contributed by atoms with Gasteiger partial charge in [0, 0.05) is 18.1 Å². The minimum atomic E-state index is -0.110. The molecule has 0 saturated carbocycles. The average Bonchev–Trinajstić information content (AvgIpc) is 3.42. The number of fused-ring (bicyclic) bond motifs is 4. The molecule has 0 aliphatic rings. The van der Waals surface area contributed by atoms with Crippen LogP contribution in [0.5, 0.6) is 0 Å². The van der Waals surface area contributed by atoms with E-state index in [1.807, 2.05) is 76.5 Å². The minimum absolute atomic E-state index is 0.110. The van der Waals surface area contributed by atoms with Gasteiger partial charge >= 0.3 is 0 Å². The smallest absolute Gasteiger partial charge is 0.267 e. The summed E-state index contributed by atoms with van der Waals surface area (Å²) in [5, 5.41) is 10.2. The van der Waals surface area contributed by atoms with E-state index >= 15 is 0 Å². The van der Waals surface area contributed by atoms with Crippen molar-refractivity contribution in [1.82, 2.24) is 28.5 Å². The Labute approximate surface area is 193 Å². The highest BCUT2D eigenvalue weighted by molar-refractivity contribution is 7.98. The van der Waals surface area contributed by atoms with Crippen LogP contribution < -0.4 is 5.56 Å². The van der Waals surface area contributed by atoms with Gasteiger partial charge in [0.25, 0.3) is 5.56 Å². The van der Waals surface area contributed by atoms with Gasteiger partial charge in [-0.1, -0.05) is 47.7 Å². The molecule has 0 amide bonds. The van der Waals surface area contributed by atoms with Gasteiger partial charge in [0.05, 0.1) is 22.3 Å². The molecule has 0 atom stereocenters. The monoisotopic (exact) mass is 452 g/mol. The summed E-state index contributed by atoms with van der Waals surface area (Å²) < 4.78 is 5.63. The number of pyridine rings is 1. The van der Waals surface area contributed by atoms with Crippen LogP contribution in [0.1, 0.15) is 16.8 Å². The first-order valence-electron chi connectivity index (χ1n) is 10.6. The van der Waals surface area contributed by atoms with Crippen molar-refractivity contribution in [2.24, 2.45) is 0 Å². The maximum absolute atomic E-state index is 13.4. The molecule has 0 saturated heterocycles. The number of nitrogens with zero attached hydrogens (tertiary/aromatic N) is 6. The SMILES string of the molecule is Cc1ccc(-n2c(=O)c3ccccc3n3c(SCc4cn5cc(C)ccc5n4)nnc23)cc1. The molecule has 33 heavy (non-hydrogen) atoms. The summed E-state index contributed by atoms with van der Waals surface area (Å²) in [7, 11) is 0. The number of para-hydroxylation sites is 1. The Kier molecular flexibility index (Phi) is 4.55. The van der Waals surface area contributed by atoms with E-state index in [2.05, 4.69) is 29.4 Å². The number of imidazole rings is 1. The highest BCUT2D eigenvalue weighted by atomic mass is 32.2. The van der Waals surface area contributed by atoms with Crippen LogP contribution in [-0.4, -0.2) is 28.5 Å². The van der Waals surface area contributed by atoms with Crippen LogP contribution in [0.4, 0.5) is 0 Å². The Morgan fingerprint density at radius 3 is 2.52 bits per heavy atom. The van der Waals surface area contributed by atoms with Crippen LogP contribution in [0.3, 0.4) is 0 Å². The van der Waals surface area contributed by atoms with Crippen LogP contribution in [0.25, 0.3) is 28.0 Å². The molecule has 0 aliphatic carbocycles. The summed E-state index contributed by atoms with van der Waals surface area (Å²) in [5.74, 6) is 1.13. The molecule has 0 aliphatic heterocycles. The van der Waals surface area contributed by atoms with Crippen LogP contribution in [0.15, 0.2) is 83.0 Å². The minimum Gasteiger partial charge on any atom is -0.307 e. The van der Waals surface area contributed by atoms with Crippen molar-refractivity contribution >= 4 is 34.1 Å². The maximum Gasteiger partial charge on any atom is 0.267 e. The van der Waals surface area contributed by atoms with E-state index in [4.69, 9.17) is 4.98 Å². The lowest BCUT2D eigenvalue weighted by Gasteiger charge is -2.11. The van der Waals surface area contributed by atoms with E-state index in [0.717, 1.165) is 33.3 Å². The Bertz CT molecular complexity index is 1710. The molecule has 0 bridgehead atoms. The van der Waals surface area contributed by atoms with Gasteiger partial charge < -0.3 is 4.40 Å². The third-order valence-corrected chi connectivity index (χ3v) is 6.65. The third-order valence-electron chi connectivity index (χ3n) is 5.68. The Hall–Kier alpha value is -3.91. The summed E-state index contributed by atoms with van der Waals surface area (Å²) in [6, 6.07) is 19.5. The van der Waals surface area contributed by atoms with Crippen LogP contribution in [0, 0.1) is 13.8 Å². The first-order valence-corrected chi connectivity index (χ1v) is 11.6. The fourth-order valence-corrected chi connectivity index (χ4v) is 4.89. The summed E-state index contributed by atoms with van der Waals surface area (Å²) in [6.07, 6.45) is 4.11. The number of aryl methyl sites for hydroxylation is 2. The molecule has 8 heteroatoms. The van der Waals surface area contributed by atoms with Gasteiger partial charge in [0.2, 0.25) is 5.78 Å². The topological polar surface area (TPSA) is 69.5 Å². The molecule has 7 nitrogen and oxygen atoms in total. The molecule has 2 aromatic carbocycles. The second kappa shape index (κ2) is 7.60. The number of hydrogen-bond acceptors (Lipinski definition) is 5.